The van der Waals surface area contributed by atoms with Gasteiger partial charge < -0.3 is 5.11 Å². The highest BCUT2D eigenvalue weighted by Crippen LogP contribution is 2.66. The van der Waals surface area contributed by atoms with E-state index >= 15 is 0 Å². The lowest BCUT2D eigenvalue weighted by Gasteiger charge is -2.41. The molecule has 4 rings (SSSR count). The Morgan fingerprint density at radius 1 is 1.18 bits per heavy atom. The van der Waals surface area contributed by atoms with Crippen molar-refractivity contribution in [2.24, 2.45) is 34.5 Å². The van der Waals surface area contributed by atoms with Gasteiger partial charge in [-0.3, -0.25) is 4.79 Å². The van der Waals surface area contributed by atoms with Gasteiger partial charge in [0, 0.05) is 0 Å². The number of aliphatic carboxylic acids is 1. The van der Waals surface area contributed by atoms with Crippen LogP contribution in [0.1, 0.15) is 58.3 Å². The minimum absolute atomic E-state index is 0.296. The summed E-state index contributed by atoms with van der Waals surface area (Å²) in [5.41, 5.74) is 2.71. The van der Waals surface area contributed by atoms with Crippen LogP contribution in [0.2, 0.25) is 0 Å². The Balaban J connectivity index is 1.71. The van der Waals surface area contributed by atoms with E-state index < -0.39 is 11.4 Å². The summed E-state index contributed by atoms with van der Waals surface area (Å²) < 4.78 is 0. The lowest BCUT2D eigenvalue weighted by atomic mass is 9.63. The van der Waals surface area contributed by atoms with Crippen LogP contribution < -0.4 is 0 Å². The maximum absolute atomic E-state index is 11.9. The summed E-state index contributed by atoms with van der Waals surface area (Å²) in [5.74, 6) is 1.49. The maximum atomic E-state index is 11.9. The molecule has 0 aromatic heterocycles. The van der Waals surface area contributed by atoms with Crippen molar-refractivity contribution in [2.75, 3.05) is 0 Å². The van der Waals surface area contributed by atoms with E-state index in [1.807, 2.05) is 6.92 Å². The third-order valence-electron chi connectivity index (χ3n) is 8.00. The molecule has 2 nitrogen and oxygen atoms in total. The van der Waals surface area contributed by atoms with Crippen LogP contribution >= 0.6 is 0 Å². The Morgan fingerprint density at radius 2 is 1.95 bits per heavy atom. The van der Waals surface area contributed by atoms with Crippen LogP contribution in [0.5, 0.6) is 0 Å². The monoisotopic (exact) mass is 300 g/mol. The highest BCUT2D eigenvalue weighted by atomic mass is 16.4. The lowest BCUT2D eigenvalue weighted by Crippen LogP contribution is -2.33. The zero-order valence-electron chi connectivity index (χ0n) is 13.7. The van der Waals surface area contributed by atoms with E-state index in [2.05, 4.69) is 13.2 Å². The van der Waals surface area contributed by atoms with Crippen LogP contribution in [0.4, 0.5) is 0 Å². The van der Waals surface area contributed by atoms with E-state index in [4.69, 9.17) is 0 Å². The molecule has 0 aromatic carbocycles. The first-order valence-corrected chi connectivity index (χ1v) is 8.97. The van der Waals surface area contributed by atoms with Crippen molar-refractivity contribution in [1.29, 1.82) is 0 Å². The smallest absolute Gasteiger partial charge is 0.309 e. The molecule has 4 aliphatic carbocycles. The standard InChI is InChI=1S/C20H28O2/c1-12-10-20-9-7-17-15(6-8-19(17,3)18(21)22)13(2)16(20)5-4-14(12)11-20/h14-17H,1-2,4-11H2,3H3,(H,21,22)/t14-,15-,16+,17+,19+,20-/m1/s1. The predicted octanol–water partition coefficient (Wildman–Crippen LogP) is 4.82. The zero-order chi connectivity index (χ0) is 15.7. The fourth-order valence-electron chi connectivity index (χ4n) is 6.71. The van der Waals surface area contributed by atoms with Crippen molar-refractivity contribution in [3.63, 3.8) is 0 Å². The molecule has 0 aliphatic heterocycles. The number of carboxylic acid groups (broad SMARTS) is 1. The van der Waals surface area contributed by atoms with Gasteiger partial charge in [-0.1, -0.05) is 24.3 Å². The fourth-order valence-corrected chi connectivity index (χ4v) is 6.71. The Kier molecular flexibility index (Phi) is 2.97. The molecular weight excluding hydrogens is 272 g/mol. The van der Waals surface area contributed by atoms with E-state index in [0.29, 0.717) is 23.2 Å². The summed E-state index contributed by atoms with van der Waals surface area (Å²) >= 11 is 0. The van der Waals surface area contributed by atoms with Crippen LogP contribution in [0.15, 0.2) is 24.3 Å². The quantitative estimate of drug-likeness (QED) is 0.705. The summed E-state index contributed by atoms with van der Waals surface area (Å²) in [7, 11) is 0. The van der Waals surface area contributed by atoms with Crippen LogP contribution in [0.25, 0.3) is 0 Å². The number of hydrogen-bond acceptors (Lipinski definition) is 1. The van der Waals surface area contributed by atoms with Gasteiger partial charge in [-0.05, 0) is 87.4 Å². The van der Waals surface area contributed by atoms with E-state index in [1.165, 1.54) is 43.3 Å². The molecule has 4 aliphatic rings. The van der Waals surface area contributed by atoms with Gasteiger partial charge >= 0.3 is 5.97 Å². The molecule has 2 bridgehead atoms. The molecule has 0 amide bonds. The molecule has 0 aromatic rings. The number of rotatable bonds is 1. The van der Waals surface area contributed by atoms with Crippen molar-refractivity contribution < 1.29 is 9.90 Å². The largest absolute Gasteiger partial charge is 0.481 e. The molecule has 0 radical (unpaired) electrons. The van der Waals surface area contributed by atoms with E-state index in [-0.39, 0.29) is 0 Å². The molecule has 1 N–H and O–H groups in total. The second-order valence-electron chi connectivity index (χ2n) is 8.82. The number of carboxylic acids is 1. The molecule has 0 unspecified atom stereocenters. The van der Waals surface area contributed by atoms with E-state index in [1.54, 1.807) is 0 Å². The van der Waals surface area contributed by atoms with Gasteiger partial charge in [0.25, 0.3) is 0 Å². The normalized spacial score (nSPS) is 50.4. The van der Waals surface area contributed by atoms with Gasteiger partial charge in [0.15, 0.2) is 0 Å². The number of hydrogen-bond donors (Lipinski definition) is 1. The summed E-state index contributed by atoms with van der Waals surface area (Å²) in [6.45, 7) is 10.9. The molecule has 1 spiro atoms. The SMILES string of the molecule is C=C1C[C@@]23CC[C@H]4[C@H](CC[C@]4(C)C(=O)O)C(=C)[C@@H]2CC[C@@H]1C3. The number of allylic oxidation sites excluding steroid dienone is 2. The first-order chi connectivity index (χ1) is 10.4. The van der Waals surface area contributed by atoms with Crippen molar-refractivity contribution >= 4 is 5.97 Å². The first-order valence-electron chi connectivity index (χ1n) is 8.97. The third-order valence-corrected chi connectivity index (χ3v) is 8.00. The second kappa shape index (κ2) is 4.49. The molecule has 22 heavy (non-hydrogen) atoms. The molecule has 2 heteroatoms. The molecule has 4 saturated carbocycles. The maximum Gasteiger partial charge on any atom is 0.309 e. The zero-order valence-corrected chi connectivity index (χ0v) is 13.7. The Labute approximate surface area is 133 Å². The highest BCUT2D eigenvalue weighted by Gasteiger charge is 2.58. The van der Waals surface area contributed by atoms with E-state index in [0.717, 1.165) is 25.2 Å². The molecule has 0 saturated heterocycles. The van der Waals surface area contributed by atoms with Crippen LogP contribution in [0, 0.1) is 34.5 Å². The minimum atomic E-state index is -0.594. The van der Waals surface area contributed by atoms with Gasteiger partial charge in [0.2, 0.25) is 0 Å². The Morgan fingerprint density at radius 3 is 2.68 bits per heavy atom. The minimum Gasteiger partial charge on any atom is -0.481 e. The van der Waals surface area contributed by atoms with E-state index in [9.17, 15) is 9.90 Å². The molecule has 4 fully saturated rings. The fraction of sp³-hybridized carbons (Fsp3) is 0.750. The van der Waals surface area contributed by atoms with Crippen LogP contribution in [-0.2, 0) is 4.79 Å². The summed E-state index contributed by atoms with van der Waals surface area (Å²) in [6.07, 6.45) is 9.12. The van der Waals surface area contributed by atoms with Crippen LogP contribution in [-0.4, -0.2) is 11.1 Å². The summed E-state index contributed by atoms with van der Waals surface area (Å²) in [6, 6.07) is 0. The Bertz CT molecular complexity index is 562. The van der Waals surface area contributed by atoms with Crippen LogP contribution in [0.3, 0.4) is 0 Å². The number of fused-ring (bicyclic) bond motifs is 2. The Hall–Kier alpha value is -1.05. The van der Waals surface area contributed by atoms with Gasteiger partial charge in [0.05, 0.1) is 5.41 Å². The molecule has 120 valence electrons. The van der Waals surface area contributed by atoms with Crippen molar-refractivity contribution in [3.8, 4) is 0 Å². The number of carbonyl (C=O) groups is 1. The average Bonchev–Trinajstić information content (AvgIpc) is 2.89. The topological polar surface area (TPSA) is 37.3 Å². The summed E-state index contributed by atoms with van der Waals surface area (Å²) in [5, 5.41) is 9.78. The van der Waals surface area contributed by atoms with Crippen molar-refractivity contribution in [1.82, 2.24) is 0 Å². The van der Waals surface area contributed by atoms with Crippen molar-refractivity contribution in [2.45, 2.75) is 58.3 Å². The highest BCUT2D eigenvalue weighted by molar-refractivity contribution is 5.75. The van der Waals surface area contributed by atoms with Gasteiger partial charge in [-0.2, -0.15) is 0 Å². The van der Waals surface area contributed by atoms with Gasteiger partial charge in [-0.15, -0.1) is 0 Å². The molecule has 0 heterocycles. The lowest BCUT2D eigenvalue weighted by molar-refractivity contribution is -0.150. The first kappa shape index (κ1) is 14.5. The average molecular weight is 300 g/mol. The van der Waals surface area contributed by atoms with Crippen molar-refractivity contribution in [3.05, 3.63) is 24.3 Å². The van der Waals surface area contributed by atoms with Gasteiger partial charge in [-0.25, -0.2) is 0 Å². The second-order valence-corrected chi connectivity index (χ2v) is 8.82. The molecule has 6 atom stereocenters. The summed E-state index contributed by atoms with van der Waals surface area (Å²) in [4.78, 5) is 11.9. The predicted molar refractivity (Wildman–Crippen MR) is 87.4 cm³/mol. The molecular formula is C20H28O2. The van der Waals surface area contributed by atoms with Gasteiger partial charge in [0.1, 0.15) is 0 Å². The third kappa shape index (κ3) is 1.70.